The van der Waals surface area contributed by atoms with Gasteiger partial charge in [-0.3, -0.25) is 0 Å². The van der Waals surface area contributed by atoms with Crippen molar-refractivity contribution in [3.63, 3.8) is 0 Å². The first kappa shape index (κ1) is 22.5. The summed E-state index contributed by atoms with van der Waals surface area (Å²) < 4.78 is 0. The summed E-state index contributed by atoms with van der Waals surface area (Å²) in [4.78, 5) is 0. The number of benzene rings is 3. The summed E-state index contributed by atoms with van der Waals surface area (Å²) in [5, 5.41) is 0. The number of rotatable bonds is 6. The van der Waals surface area contributed by atoms with Crippen LogP contribution in [0.5, 0.6) is 0 Å². The van der Waals surface area contributed by atoms with Crippen LogP contribution < -0.4 is 0 Å². The van der Waals surface area contributed by atoms with Gasteiger partial charge in [-0.1, -0.05) is 81.1 Å². The Morgan fingerprint density at radius 2 is 1.16 bits per heavy atom. The molecule has 0 fully saturated rings. The third-order valence-corrected chi connectivity index (χ3v) is 5.55. The van der Waals surface area contributed by atoms with Gasteiger partial charge in [-0.15, -0.1) is 0 Å². The van der Waals surface area contributed by atoms with Crippen LogP contribution in [0.3, 0.4) is 0 Å². The SMILES string of the molecule is CCCCCCc1ccc(C#Cc2ccc(C#Cc3ccc(CC)cc3)cc2C)cc1. The van der Waals surface area contributed by atoms with Gasteiger partial charge in [0.2, 0.25) is 0 Å². The lowest BCUT2D eigenvalue weighted by Crippen LogP contribution is -1.87. The number of aryl methyl sites for hydroxylation is 3. The third-order valence-electron chi connectivity index (χ3n) is 5.55. The van der Waals surface area contributed by atoms with Gasteiger partial charge in [-0.25, -0.2) is 0 Å². The Kier molecular flexibility index (Phi) is 8.58. The number of hydrogen-bond donors (Lipinski definition) is 0. The highest BCUT2D eigenvalue weighted by Gasteiger charge is 1.97. The number of unbranched alkanes of at least 4 members (excludes halogenated alkanes) is 3. The van der Waals surface area contributed by atoms with E-state index in [1.165, 1.54) is 36.8 Å². The molecular formula is C31H32. The summed E-state index contributed by atoms with van der Waals surface area (Å²) in [6.07, 6.45) is 7.44. The fourth-order valence-electron chi connectivity index (χ4n) is 3.50. The van der Waals surface area contributed by atoms with E-state index in [0.717, 1.165) is 40.7 Å². The van der Waals surface area contributed by atoms with Crippen LogP contribution in [0.2, 0.25) is 0 Å². The van der Waals surface area contributed by atoms with Crippen molar-refractivity contribution >= 4 is 0 Å². The Morgan fingerprint density at radius 1 is 0.581 bits per heavy atom. The summed E-state index contributed by atoms with van der Waals surface area (Å²) in [7, 11) is 0. The molecule has 3 aromatic carbocycles. The van der Waals surface area contributed by atoms with Gasteiger partial charge in [0.25, 0.3) is 0 Å². The first-order valence-corrected chi connectivity index (χ1v) is 11.5. The van der Waals surface area contributed by atoms with Crippen LogP contribution in [0, 0.1) is 30.6 Å². The van der Waals surface area contributed by atoms with Crippen molar-refractivity contribution in [2.24, 2.45) is 0 Å². The molecule has 0 spiro atoms. The minimum absolute atomic E-state index is 1.02. The molecule has 0 bridgehead atoms. The van der Waals surface area contributed by atoms with Crippen LogP contribution in [0.25, 0.3) is 0 Å². The Labute approximate surface area is 188 Å². The second kappa shape index (κ2) is 11.8. The molecular weight excluding hydrogens is 372 g/mol. The molecule has 0 nitrogen and oxygen atoms in total. The Hall–Kier alpha value is -3.22. The van der Waals surface area contributed by atoms with Gasteiger partial charge >= 0.3 is 0 Å². The van der Waals surface area contributed by atoms with Crippen LogP contribution in [0.4, 0.5) is 0 Å². The van der Waals surface area contributed by atoms with Crippen LogP contribution in [0.15, 0.2) is 66.7 Å². The van der Waals surface area contributed by atoms with Crippen LogP contribution in [0.1, 0.15) is 78.5 Å². The van der Waals surface area contributed by atoms with Crippen molar-refractivity contribution in [3.8, 4) is 23.7 Å². The van der Waals surface area contributed by atoms with Gasteiger partial charge in [0.15, 0.2) is 0 Å². The predicted octanol–water partition coefficient (Wildman–Crippen LogP) is 7.48. The largest absolute Gasteiger partial charge is 0.0654 e. The first-order chi connectivity index (χ1) is 15.2. The van der Waals surface area contributed by atoms with Crippen LogP contribution >= 0.6 is 0 Å². The molecule has 0 amide bonds. The lowest BCUT2D eigenvalue weighted by atomic mass is 10.0. The Bertz CT molecular complexity index is 1090. The maximum absolute atomic E-state index is 3.32. The summed E-state index contributed by atoms with van der Waals surface area (Å²) >= 11 is 0. The normalized spacial score (nSPS) is 10.0. The summed E-state index contributed by atoms with van der Waals surface area (Å²) in [5.74, 6) is 13.2. The zero-order valence-electron chi connectivity index (χ0n) is 19.1. The molecule has 0 unspecified atom stereocenters. The molecule has 0 heteroatoms. The molecule has 31 heavy (non-hydrogen) atoms. The lowest BCUT2D eigenvalue weighted by Gasteiger charge is -2.01. The van der Waals surface area contributed by atoms with Gasteiger partial charge in [0.05, 0.1) is 0 Å². The quantitative estimate of drug-likeness (QED) is 0.295. The molecule has 0 aromatic heterocycles. The van der Waals surface area contributed by atoms with E-state index in [1.807, 2.05) is 0 Å². The highest BCUT2D eigenvalue weighted by atomic mass is 14.0. The van der Waals surface area contributed by atoms with Gasteiger partial charge in [0.1, 0.15) is 0 Å². The van der Waals surface area contributed by atoms with Crippen molar-refractivity contribution in [1.29, 1.82) is 0 Å². The third kappa shape index (κ3) is 7.20. The smallest absolute Gasteiger partial charge is 0.0279 e. The van der Waals surface area contributed by atoms with E-state index in [2.05, 4.69) is 111 Å². The molecule has 0 N–H and O–H groups in total. The second-order valence-electron chi connectivity index (χ2n) is 8.09. The van der Waals surface area contributed by atoms with E-state index < -0.39 is 0 Å². The predicted molar refractivity (Wildman–Crippen MR) is 133 cm³/mol. The maximum atomic E-state index is 3.32. The molecule has 0 aliphatic carbocycles. The molecule has 0 saturated carbocycles. The molecule has 0 aliphatic rings. The molecule has 0 atom stereocenters. The van der Waals surface area contributed by atoms with Gasteiger partial charge in [-0.05, 0) is 85.3 Å². The highest BCUT2D eigenvalue weighted by molar-refractivity contribution is 5.51. The summed E-state index contributed by atoms with van der Waals surface area (Å²) in [5.41, 5.74) is 8.10. The summed E-state index contributed by atoms with van der Waals surface area (Å²) in [6.45, 7) is 6.52. The lowest BCUT2D eigenvalue weighted by molar-refractivity contribution is 0.667. The average Bonchev–Trinajstić information content (AvgIpc) is 2.81. The maximum Gasteiger partial charge on any atom is 0.0279 e. The fraction of sp³-hybridized carbons (Fsp3) is 0.290. The molecule has 0 heterocycles. The topological polar surface area (TPSA) is 0 Å². The number of hydrogen-bond acceptors (Lipinski definition) is 0. The fourth-order valence-corrected chi connectivity index (χ4v) is 3.50. The van der Waals surface area contributed by atoms with E-state index >= 15 is 0 Å². The molecule has 0 saturated heterocycles. The van der Waals surface area contributed by atoms with Crippen LogP contribution in [-0.2, 0) is 12.8 Å². The molecule has 3 rings (SSSR count). The van der Waals surface area contributed by atoms with E-state index in [1.54, 1.807) is 0 Å². The molecule has 0 radical (unpaired) electrons. The van der Waals surface area contributed by atoms with Gasteiger partial charge in [0, 0.05) is 22.3 Å². The minimum Gasteiger partial charge on any atom is -0.0654 e. The van der Waals surface area contributed by atoms with E-state index in [4.69, 9.17) is 0 Å². The van der Waals surface area contributed by atoms with Gasteiger partial charge < -0.3 is 0 Å². The van der Waals surface area contributed by atoms with Crippen molar-refractivity contribution in [1.82, 2.24) is 0 Å². The minimum atomic E-state index is 1.02. The zero-order chi connectivity index (χ0) is 21.9. The van der Waals surface area contributed by atoms with Gasteiger partial charge in [-0.2, -0.15) is 0 Å². The average molecular weight is 405 g/mol. The molecule has 3 aromatic rings. The Balaban J connectivity index is 1.63. The van der Waals surface area contributed by atoms with Crippen molar-refractivity contribution in [3.05, 3.63) is 106 Å². The Morgan fingerprint density at radius 3 is 1.77 bits per heavy atom. The second-order valence-corrected chi connectivity index (χ2v) is 8.09. The summed E-state index contributed by atoms with van der Waals surface area (Å²) in [6, 6.07) is 23.4. The molecule has 0 aliphatic heterocycles. The zero-order valence-corrected chi connectivity index (χ0v) is 19.1. The van der Waals surface area contributed by atoms with Crippen molar-refractivity contribution in [2.75, 3.05) is 0 Å². The van der Waals surface area contributed by atoms with E-state index in [0.29, 0.717) is 0 Å². The molecule has 156 valence electrons. The first-order valence-electron chi connectivity index (χ1n) is 11.5. The van der Waals surface area contributed by atoms with Crippen molar-refractivity contribution < 1.29 is 0 Å². The monoisotopic (exact) mass is 404 g/mol. The van der Waals surface area contributed by atoms with E-state index in [-0.39, 0.29) is 0 Å². The van der Waals surface area contributed by atoms with E-state index in [9.17, 15) is 0 Å². The standard InChI is InChI=1S/C31H32/c1-4-6-7-8-9-27-14-16-29(17-15-27)20-22-31-23-21-30(24-25(31)3)19-18-28-12-10-26(5-2)11-13-28/h10-17,21,23-24H,4-9H2,1-3H3. The van der Waals surface area contributed by atoms with Crippen molar-refractivity contribution in [2.45, 2.75) is 59.3 Å². The van der Waals surface area contributed by atoms with Crippen LogP contribution in [-0.4, -0.2) is 0 Å². The highest BCUT2D eigenvalue weighted by Crippen LogP contribution is 2.12.